The third kappa shape index (κ3) is 3.73. The van der Waals surface area contributed by atoms with Gasteiger partial charge in [0.2, 0.25) is 5.65 Å². The third-order valence-corrected chi connectivity index (χ3v) is 4.53. The van der Waals surface area contributed by atoms with E-state index in [1.807, 2.05) is 55.4 Å². The van der Waals surface area contributed by atoms with Crippen LogP contribution in [0, 0.1) is 0 Å². The minimum absolute atomic E-state index is 0.252. The minimum Gasteiger partial charge on any atom is -0.497 e. The first-order valence-corrected chi connectivity index (χ1v) is 8.99. The number of fused-ring (bicyclic) bond motifs is 1. The molecule has 2 N–H and O–H groups in total. The van der Waals surface area contributed by atoms with Gasteiger partial charge in [-0.2, -0.15) is 5.10 Å². The Balaban J connectivity index is 1.61. The van der Waals surface area contributed by atoms with Crippen LogP contribution in [0.4, 0.5) is 11.5 Å². The largest absolute Gasteiger partial charge is 0.497 e. The van der Waals surface area contributed by atoms with Crippen LogP contribution in [0.1, 0.15) is 10.4 Å². The van der Waals surface area contributed by atoms with Crippen molar-refractivity contribution in [3.63, 3.8) is 0 Å². The molecule has 0 saturated carbocycles. The Morgan fingerprint density at radius 2 is 1.79 bits per heavy atom. The van der Waals surface area contributed by atoms with Crippen LogP contribution in [0.5, 0.6) is 5.75 Å². The van der Waals surface area contributed by atoms with Gasteiger partial charge in [-0.15, -0.1) is 0 Å². The van der Waals surface area contributed by atoms with Gasteiger partial charge in [0.15, 0.2) is 11.3 Å². The van der Waals surface area contributed by atoms with Gasteiger partial charge in [-0.25, -0.2) is 9.97 Å². The van der Waals surface area contributed by atoms with E-state index >= 15 is 0 Å². The molecular weight excluding hydrogens is 368 g/mol. The summed E-state index contributed by atoms with van der Waals surface area (Å²) in [4.78, 5) is 23.6. The number of H-pyrrole nitrogens is 1. The van der Waals surface area contributed by atoms with Crippen LogP contribution in [-0.4, -0.2) is 47.3 Å². The number of rotatable bonds is 5. The molecule has 2 aromatic carbocycles. The first-order valence-electron chi connectivity index (χ1n) is 8.99. The van der Waals surface area contributed by atoms with Gasteiger partial charge in [0, 0.05) is 30.9 Å². The summed E-state index contributed by atoms with van der Waals surface area (Å²) in [7, 11) is 5.52. The number of hydrogen-bond acceptors (Lipinski definition) is 6. The maximum Gasteiger partial charge on any atom is 0.256 e. The molecule has 0 aliphatic rings. The first-order chi connectivity index (χ1) is 14.0. The highest BCUT2D eigenvalue weighted by molar-refractivity contribution is 6.07. The van der Waals surface area contributed by atoms with Gasteiger partial charge in [-0.05, 0) is 48.5 Å². The van der Waals surface area contributed by atoms with E-state index in [4.69, 9.17) is 4.74 Å². The van der Waals surface area contributed by atoms with Crippen LogP contribution < -0.4 is 15.0 Å². The lowest BCUT2D eigenvalue weighted by Gasteiger charge is -2.12. The van der Waals surface area contributed by atoms with E-state index in [9.17, 15) is 4.79 Å². The SMILES string of the molecule is COc1ccc(-c2cnc3n[nH]c(NC(=O)c4ccc(N(C)C)cc4)c3n2)cc1. The van der Waals surface area contributed by atoms with Crippen molar-refractivity contribution in [2.75, 3.05) is 31.4 Å². The molecule has 0 aliphatic heterocycles. The standard InChI is InChI=1S/C21H20N6O2/c1-27(2)15-8-4-14(5-9-15)21(28)24-20-18-19(25-26-20)22-12-17(23-18)13-6-10-16(29-3)11-7-13/h4-12H,1-3H3,(H2,22,24,25,26,28). The Labute approximate surface area is 167 Å². The summed E-state index contributed by atoms with van der Waals surface area (Å²) in [6.07, 6.45) is 1.65. The number of anilines is 2. The van der Waals surface area contributed by atoms with E-state index in [2.05, 4.69) is 25.5 Å². The van der Waals surface area contributed by atoms with E-state index in [1.54, 1.807) is 25.4 Å². The van der Waals surface area contributed by atoms with Gasteiger partial charge in [0.05, 0.1) is 19.0 Å². The summed E-state index contributed by atoms with van der Waals surface area (Å²) in [6.45, 7) is 0. The number of nitrogens with zero attached hydrogens (tertiary/aromatic N) is 4. The number of methoxy groups -OCH3 is 1. The molecule has 8 nitrogen and oxygen atoms in total. The van der Waals surface area contributed by atoms with Gasteiger partial charge in [0.1, 0.15) is 5.75 Å². The average molecular weight is 388 g/mol. The molecule has 0 spiro atoms. The second-order valence-electron chi connectivity index (χ2n) is 6.65. The van der Waals surface area contributed by atoms with Gasteiger partial charge >= 0.3 is 0 Å². The van der Waals surface area contributed by atoms with Gasteiger partial charge in [0.25, 0.3) is 5.91 Å². The van der Waals surface area contributed by atoms with Crippen LogP contribution in [0.3, 0.4) is 0 Å². The number of benzene rings is 2. The van der Waals surface area contributed by atoms with E-state index in [0.29, 0.717) is 28.2 Å². The number of aromatic nitrogens is 4. The summed E-state index contributed by atoms with van der Waals surface area (Å²) >= 11 is 0. The molecule has 29 heavy (non-hydrogen) atoms. The second-order valence-corrected chi connectivity index (χ2v) is 6.65. The Morgan fingerprint density at radius 3 is 2.45 bits per heavy atom. The van der Waals surface area contributed by atoms with E-state index in [0.717, 1.165) is 17.0 Å². The second kappa shape index (κ2) is 7.59. The number of hydrogen-bond donors (Lipinski definition) is 2. The monoisotopic (exact) mass is 388 g/mol. The average Bonchev–Trinajstić information content (AvgIpc) is 3.15. The quantitative estimate of drug-likeness (QED) is 0.544. The summed E-state index contributed by atoms with van der Waals surface area (Å²) in [5.74, 6) is 0.918. The predicted molar refractivity (Wildman–Crippen MR) is 112 cm³/mol. The van der Waals surface area contributed by atoms with Crippen molar-refractivity contribution in [2.45, 2.75) is 0 Å². The van der Waals surface area contributed by atoms with Crippen molar-refractivity contribution in [1.82, 2.24) is 20.2 Å². The molecule has 0 unspecified atom stereocenters. The van der Waals surface area contributed by atoms with Crippen LogP contribution >= 0.6 is 0 Å². The third-order valence-electron chi connectivity index (χ3n) is 4.53. The van der Waals surface area contributed by atoms with E-state index < -0.39 is 0 Å². The van der Waals surface area contributed by atoms with Crippen molar-refractivity contribution in [3.8, 4) is 17.0 Å². The number of aromatic amines is 1. The van der Waals surface area contributed by atoms with Crippen molar-refractivity contribution in [3.05, 3.63) is 60.3 Å². The van der Waals surface area contributed by atoms with Crippen molar-refractivity contribution in [1.29, 1.82) is 0 Å². The maximum atomic E-state index is 12.6. The smallest absolute Gasteiger partial charge is 0.256 e. The minimum atomic E-state index is -0.252. The Bertz CT molecular complexity index is 1150. The zero-order chi connectivity index (χ0) is 20.4. The highest BCUT2D eigenvalue weighted by Crippen LogP contribution is 2.24. The Kier molecular flexibility index (Phi) is 4.82. The fraction of sp³-hybridized carbons (Fsp3) is 0.143. The van der Waals surface area contributed by atoms with Gasteiger partial charge in [-0.3, -0.25) is 9.89 Å². The fourth-order valence-corrected chi connectivity index (χ4v) is 2.88. The number of carbonyl (C=O) groups is 1. The molecule has 2 aromatic heterocycles. The molecule has 146 valence electrons. The predicted octanol–water partition coefficient (Wildman–Crippen LogP) is 3.35. The lowest BCUT2D eigenvalue weighted by molar-refractivity contribution is 0.102. The molecule has 4 aromatic rings. The van der Waals surface area contributed by atoms with E-state index in [-0.39, 0.29) is 5.91 Å². The highest BCUT2D eigenvalue weighted by atomic mass is 16.5. The molecule has 1 amide bonds. The van der Waals surface area contributed by atoms with E-state index in [1.165, 1.54) is 0 Å². The molecule has 8 heteroatoms. The molecule has 0 aliphatic carbocycles. The first kappa shape index (κ1) is 18.4. The summed E-state index contributed by atoms with van der Waals surface area (Å²) in [6, 6.07) is 14.9. The van der Waals surface area contributed by atoms with Crippen LogP contribution in [0.15, 0.2) is 54.7 Å². The van der Waals surface area contributed by atoms with Crippen molar-refractivity contribution >= 4 is 28.6 Å². The topological polar surface area (TPSA) is 96.0 Å². The number of amides is 1. The summed E-state index contributed by atoms with van der Waals surface area (Å²) in [5.41, 5.74) is 4.04. The number of ether oxygens (including phenoxy) is 1. The highest BCUT2D eigenvalue weighted by Gasteiger charge is 2.14. The summed E-state index contributed by atoms with van der Waals surface area (Å²) in [5, 5.41) is 9.76. The summed E-state index contributed by atoms with van der Waals surface area (Å²) < 4.78 is 5.19. The zero-order valence-corrected chi connectivity index (χ0v) is 16.3. The molecule has 0 saturated heterocycles. The van der Waals surface area contributed by atoms with Crippen molar-refractivity contribution < 1.29 is 9.53 Å². The Morgan fingerprint density at radius 1 is 1.07 bits per heavy atom. The maximum absolute atomic E-state index is 12.6. The number of carbonyl (C=O) groups excluding carboxylic acids is 1. The lowest BCUT2D eigenvalue weighted by atomic mass is 10.1. The molecule has 0 radical (unpaired) electrons. The van der Waals surface area contributed by atoms with Crippen LogP contribution in [0.2, 0.25) is 0 Å². The van der Waals surface area contributed by atoms with Crippen LogP contribution in [0.25, 0.3) is 22.4 Å². The van der Waals surface area contributed by atoms with Crippen LogP contribution in [-0.2, 0) is 0 Å². The normalized spacial score (nSPS) is 10.7. The molecular formula is C21H20N6O2. The molecule has 0 fully saturated rings. The molecule has 2 heterocycles. The molecule has 4 rings (SSSR count). The fourth-order valence-electron chi connectivity index (χ4n) is 2.88. The molecule has 0 atom stereocenters. The van der Waals surface area contributed by atoms with Gasteiger partial charge in [-0.1, -0.05) is 0 Å². The van der Waals surface area contributed by atoms with Gasteiger partial charge < -0.3 is 15.0 Å². The zero-order valence-electron chi connectivity index (χ0n) is 16.3. The number of nitrogens with one attached hydrogen (secondary N) is 2. The van der Waals surface area contributed by atoms with Crippen molar-refractivity contribution in [2.24, 2.45) is 0 Å². The Hall–Kier alpha value is -3.94. The molecule has 0 bridgehead atoms. The lowest BCUT2D eigenvalue weighted by Crippen LogP contribution is -2.13.